The molecule has 0 spiro atoms. The molecule has 0 amide bonds. The molecule has 0 fully saturated rings. The summed E-state index contributed by atoms with van der Waals surface area (Å²) in [7, 11) is 0. The average Bonchev–Trinajstić information content (AvgIpc) is 2.57. The molecule has 24 heavy (non-hydrogen) atoms. The molecule has 0 heterocycles. The summed E-state index contributed by atoms with van der Waals surface area (Å²) in [6.45, 7) is 8.83. The zero-order chi connectivity index (χ0) is 17.9. The van der Waals surface area contributed by atoms with Crippen LogP contribution in [-0.2, 0) is 9.47 Å². The van der Waals surface area contributed by atoms with Gasteiger partial charge in [-0.2, -0.15) is 0 Å². The third-order valence-electron chi connectivity index (χ3n) is 4.13. The summed E-state index contributed by atoms with van der Waals surface area (Å²) in [4.78, 5) is 2.14. The first-order valence-electron chi connectivity index (χ1n) is 9.85. The molecular formula is C19H39NO2S2. The lowest BCUT2D eigenvalue weighted by Crippen LogP contribution is -2.31. The number of thiol groups is 1. The largest absolute Gasteiger partial charge is 0.379 e. The highest BCUT2D eigenvalue weighted by Gasteiger charge is 2.05. The Morgan fingerprint density at radius 1 is 0.750 bits per heavy atom. The molecule has 0 N–H and O–H groups in total. The van der Waals surface area contributed by atoms with E-state index in [0.717, 1.165) is 19.7 Å². The van der Waals surface area contributed by atoms with Crippen LogP contribution in [0.15, 0.2) is 0 Å². The van der Waals surface area contributed by atoms with Crippen LogP contribution in [0.25, 0.3) is 0 Å². The Bertz CT molecular complexity index is 278. The topological polar surface area (TPSA) is 21.7 Å². The lowest BCUT2D eigenvalue weighted by Gasteiger charge is -2.22. The minimum Gasteiger partial charge on any atom is -0.379 e. The second kappa shape index (κ2) is 19.5. The van der Waals surface area contributed by atoms with Crippen LogP contribution in [0.3, 0.4) is 0 Å². The van der Waals surface area contributed by atoms with E-state index in [1.807, 2.05) is 6.92 Å². The van der Waals surface area contributed by atoms with Crippen LogP contribution in [-0.4, -0.2) is 48.7 Å². The number of unbranched alkanes of at least 4 members (excludes halogenated alkanes) is 9. The maximum Gasteiger partial charge on any atom is 0.133 e. The summed E-state index contributed by atoms with van der Waals surface area (Å²) in [5.74, 6) is 0. The van der Waals surface area contributed by atoms with Crippen LogP contribution in [0.1, 0.15) is 78.1 Å². The van der Waals surface area contributed by atoms with Gasteiger partial charge in [-0.1, -0.05) is 76.9 Å². The minimum absolute atomic E-state index is 0.652. The first kappa shape index (κ1) is 24.2. The van der Waals surface area contributed by atoms with Crippen LogP contribution in [0, 0.1) is 0 Å². The van der Waals surface area contributed by atoms with E-state index in [9.17, 15) is 0 Å². The van der Waals surface area contributed by atoms with E-state index in [4.69, 9.17) is 21.7 Å². The predicted octanol–water partition coefficient (Wildman–Crippen LogP) is 5.48. The van der Waals surface area contributed by atoms with Crippen molar-refractivity contribution in [2.24, 2.45) is 0 Å². The molecule has 0 aliphatic heterocycles. The second-order valence-electron chi connectivity index (χ2n) is 6.26. The highest BCUT2D eigenvalue weighted by Crippen LogP contribution is 2.11. The van der Waals surface area contributed by atoms with Gasteiger partial charge in [0.15, 0.2) is 0 Å². The lowest BCUT2D eigenvalue weighted by molar-refractivity contribution is 0.0487. The number of hydrogen-bond acceptors (Lipinski definition) is 3. The maximum atomic E-state index is 5.56. The van der Waals surface area contributed by atoms with Crippen LogP contribution in [0.4, 0.5) is 0 Å². The molecular weight excluding hydrogens is 338 g/mol. The number of hydrogen-bond donors (Lipinski definition) is 1. The van der Waals surface area contributed by atoms with Crippen molar-refractivity contribution < 1.29 is 9.47 Å². The molecule has 0 saturated heterocycles. The highest BCUT2D eigenvalue weighted by atomic mass is 32.1. The molecule has 0 aromatic rings. The first-order valence-corrected chi connectivity index (χ1v) is 10.7. The summed E-state index contributed by atoms with van der Waals surface area (Å²) >= 11 is 9.54. The third kappa shape index (κ3) is 17.0. The van der Waals surface area contributed by atoms with E-state index in [1.54, 1.807) is 0 Å². The van der Waals surface area contributed by atoms with Crippen LogP contribution < -0.4 is 0 Å². The van der Waals surface area contributed by atoms with Gasteiger partial charge in [0.2, 0.25) is 0 Å². The van der Waals surface area contributed by atoms with Crippen molar-refractivity contribution in [1.29, 1.82) is 0 Å². The number of ether oxygens (including phenoxy) is 2. The Morgan fingerprint density at radius 2 is 1.29 bits per heavy atom. The van der Waals surface area contributed by atoms with Crippen molar-refractivity contribution in [1.82, 2.24) is 4.90 Å². The average molecular weight is 378 g/mol. The first-order chi connectivity index (χ1) is 11.7. The fourth-order valence-electron chi connectivity index (χ4n) is 2.63. The molecule has 0 radical (unpaired) electrons. The van der Waals surface area contributed by atoms with E-state index >= 15 is 0 Å². The number of nitrogens with zero attached hydrogens (tertiary/aromatic N) is 1. The Morgan fingerprint density at radius 3 is 1.83 bits per heavy atom. The van der Waals surface area contributed by atoms with Crippen LogP contribution >= 0.6 is 24.8 Å². The molecule has 0 saturated carbocycles. The van der Waals surface area contributed by atoms with Gasteiger partial charge in [0.1, 0.15) is 4.32 Å². The van der Waals surface area contributed by atoms with Gasteiger partial charge in [-0.05, 0) is 13.3 Å². The Hall–Kier alpha value is 0.160. The van der Waals surface area contributed by atoms with Gasteiger partial charge in [0.05, 0.1) is 19.8 Å². The number of rotatable bonds is 18. The van der Waals surface area contributed by atoms with E-state index in [1.165, 1.54) is 64.2 Å². The van der Waals surface area contributed by atoms with Crippen LogP contribution in [0.2, 0.25) is 0 Å². The standard InChI is InChI=1S/C19H39NO2S2/c1-3-5-6-7-8-9-10-11-12-13-14-20(19(23)24)15-16-22-18-17-21-4-2/h3-18H2,1-2H3,(H,23,24). The van der Waals surface area contributed by atoms with Crippen molar-refractivity contribution in [3.63, 3.8) is 0 Å². The molecule has 0 unspecified atom stereocenters. The SMILES string of the molecule is CCCCCCCCCCCCN(CCOCCOCC)C(=S)S. The maximum absolute atomic E-state index is 5.56. The van der Waals surface area contributed by atoms with Gasteiger partial charge in [-0.25, -0.2) is 0 Å². The normalized spacial score (nSPS) is 11.0. The fourth-order valence-corrected chi connectivity index (χ4v) is 3.01. The molecule has 144 valence electrons. The van der Waals surface area contributed by atoms with Crippen molar-refractivity contribution in [3.05, 3.63) is 0 Å². The summed E-state index contributed by atoms with van der Waals surface area (Å²) in [6.07, 6.45) is 13.6. The monoisotopic (exact) mass is 377 g/mol. The van der Waals surface area contributed by atoms with Crippen molar-refractivity contribution >= 4 is 29.2 Å². The molecule has 0 aromatic heterocycles. The van der Waals surface area contributed by atoms with Gasteiger partial charge < -0.3 is 14.4 Å². The predicted molar refractivity (Wildman–Crippen MR) is 112 cm³/mol. The molecule has 0 aromatic carbocycles. The quantitative estimate of drug-likeness (QED) is 0.194. The van der Waals surface area contributed by atoms with E-state index in [2.05, 4.69) is 24.5 Å². The fraction of sp³-hybridized carbons (Fsp3) is 0.947. The smallest absolute Gasteiger partial charge is 0.133 e. The highest BCUT2D eigenvalue weighted by molar-refractivity contribution is 8.10. The molecule has 3 nitrogen and oxygen atoms in total. The van der Waals surface area contributed by atoms with E-state index in [0.29, 0.717) is 24.1 Å². The molecule has 0 bridgehead atoms. The van der Waals surface area contributed by atoms with Crippen molar-refractivity contribution in [3.8, 4) is 0 Å². The van der Waals surface area contributed by atoms with Crippen LogP contribution in [0.5, 0.6) is 0 Å². The second-order valence-corrected chi connectivity index (χ2v) is 7.37. The summed E-state index contributed by atoms with van der Waals surface area (Å²) in [6, 6.07) is 0. The summed E-state index contributed by atoms with van der Waals surface area (Å²) < 4.78 is 11.5. The molecule has 5 heteroatoms. The van der Waals surface area contributed by atoms with Gasteiger partial charge in [-0.3, -0.25) is 0 Å². The Balaban J connectivity index is 3.46. The summed E-state index contributed by atoms with van der Waals surface area (Å²) in [5, 5.41) is 0. The minimum atomic E-state index is 0.652. The zero-order valence-electron chi connectivity index (χ0n) is 15.9. The van der Waals surface area contributed by atoms with Gasteiger partial charge in [0.25, 0.3) is 0 Å². The summed E-state index contributed by atoms with van der Waals surface area (Å²) in [5.41, 5.74) is 0. The third-order valence-corrected chi connectivity index (χ3v) is 4.67. The Kier molecular flexibility index (Phi) is 19.6. The van der Waals surface area contributed by atoms with E-state index in [-0.39, 0.29) is 0 Å². The molecule has 0 aliphatic carbocycles. The molecule has 0 rings (SSSR count). The van der Waals surface area contributed by atoms with Crippen molar-refractivity contribution in [2.75, 3.05) is 39.5 Å². The molecule has 0 atom stereocenters. The zero-order valence-corrected chi connectivity index (χ0v) is 17.6. The number of thiocarbonyl (C=S) groups is 1. The van der Waals surface area contributed by atoms with Crippen molar-refractivity contribution in [2.45, 2.75) is 78.1 Å². The van der Waals surface area contributed by atoms with Gasteiger partial charge in [0, 0.05) is 19.7 Å². The molecule has 0 aliphatic rings. The Labute approximate surface area is 161 Å². The van der Waals surface area contributed by atoms with Gasteiger partial charge >= 0.3 is 0 Å². The lowest BCUT2D eigenvalue weighted by atomic mass is 10.1. The van der Waals surface area contributed by atoms with E-state index < -0.39 is 0 Å². The van der Waals surface area contributed by atoms with Gasteiger partial charge in [-0.15, -0.1) is 12.6 Å².